The van der Waals surface area contributed by atoms with Gasteiger partial charge in [-0.05, 0) is 33.6 Å². The van der Waals surface area contributed by atoms with Crippen molar-refractivity contribution >= 4 is 8.80 Å². The lowest BCUT2D eigenvalue weighted by molar-refractivity contribution is 0.0725. The Hall–Kier alpha value is 0.0569. The van der Waals surface area contributed by atoms with Crippen LogP contribution in [-0.2, 0) is 18.0 Å². The van der Waals surface area contributed by atoms with Crippen LogP contribution in [0, 0.1) is 0 Å². The summed E-state index contributed by atoms with van der Waals surface area (Å²) in [6.07, 6.45) is 6.89. The first-order valence-corrected chi connectivity index (χ1v) is 9.71. The van der Waals surface area contributed by atoms with Gasteiger partial charge in [-0.1, -0.05) is 19.8 Å². The van der Waals surface area contributed by atoms with Crippen molar-refractivity contribution < 1.29 is 18.0 Å². The predicted molar refractivity (Wildman–Crippen MR) is 78.2 cm³/mol. The van der Waals surface area contributed by atoms with Crippen LogP contribution in [0.2, 0.25) is 6.04 Å². The molecular weight excluding hydrogens is 260 g/mol. The summed E-state index contributed by atoms with van der Waals surface area (Å²) in [6.45, 7) is 9.95. The molecule has 2 rings (SSSR count). The average molecular weight is 290 g/mol. The molecule has 19 heavy (non-hydrogen) atoms. The molecule has 0 N–H and O–H groups in total. The third kappa shape index (κ3) is 5.91. The van der Waals surface area contributed by atoms with Gasteiger partial charge in [0.15, 0.2) is 0 Å². The predicted octanol–water partition coefficient (Wildman–Crippen LogP) is 3.38. The van der Waals surface area contributed by atoms with Gasteiger partial charge in [0.2, 0.25) is 0 Å². The van der Waals surface area contributed by atoms with Gasteiger partial charge in [0.1, 0.15) is 0 Å². The summed E-state index contributed by atoms with van der Waals surface area (Å²) in [7, 11) is -2.27. The van der Waals surface area contributed by atoms with Crippen LogP contribution in [-0.4, -0.2) is 40.8 Å². The number of epoxide rings is 1. The topological polar surface area (TPSA) is 40.2 Å². The molecule has 0 bridgehead atoms. The number of rotatable bonds is 7. The fourth-order valence-corrected chi connectivity index (χ4v) is 4.65. The Morgan fingerprint density at radius 3 is 1.53 bits per heavy atom. The van der Waals surface area contributed by atoms with E-state index in [0.29, 0.717) is 32.0 Å². The Bertz CT molecular complexity index is 210. The molecule has 4 nitrogen and oxygen atoms in total. The van der Waals surface area contributed by atoms with Gasteiger partial charge in [0, 0.05) is 25.9 Å². The summed E-state index contributed by atoms with van der Waals surface area (Å²) >= 11 is 0. The van der Waals surface area contributed by atoms with E-state index in [1.54, 1.807) is 0 Å². The molecule has 1 heterocycles. The maximum absolute atomic E-state index is 5.55. The highest BCUT2D eigenvalue weighted by molar-refractivity contribution is 6.60. The van der Waals surface area contributed by atoms with Crippen LogP contribution in [0.25, 0.3) is 0 Å². The summed E-state index contributed by atoms with van der Waals surface area (Å²) in [5.41, 5.74) is 0. The molecule has 1 saturated carbocycles. The van der Waals surface area contributed by atoms with E-state index in [1.165, 1.54) is 25.7 Å². The van der Waals surface area contributed by atoms with Crippen LogP contribution in [0.15, 0.2) is 0 Å². The van der Waals surface area contributed by atoms with Gasteiger partial charge in [-0.2, -0.15) is 0 Å². The van der Waals surface area contributed by atoms with Crippen LogP contribution >= 0.6 is 0 Å². The molecule has 0 aromatic heterocycles. The second-order valence-corrected chi connectivity index (χ2v) is 7.77. The molecule has 1 aliphatic carbocycles. The summed E-state index contributed by atoms with van der Waals surface area (Å²) < 4.78 is 21.9. The number of ether oxygens (including phenoxy) is 1. The van der Waals surface area contributed by atoms with Crippen molar-refractivity contribution in [2.24, 2.45) is 0 Å². The zero-order valence-electron chi connectivity index (χ0n) is 12.9. The Kier molecular flexibility index (Phi) is 8.17. The SMILES string of the molecule is C1CCC2OC2C1.CCO[Si](CC)(OCC)OCC. The summed E-state index contributed by atoms with van der Waals surface area (Å²) in [5.74, 6) is 0. The van der Waals surface area contributed by atoms with Crippen molar-refractivity contribution in [2.75, 3.05) is 19.8 Å². The molecule has 0 radical (unpaired) electrons. The maximum atomic E-state index is 5.55. The Labute approximate surface area is 119 Å². The lowest BCUT2D eigenvalue weighted by Crippen LogP contribution is -2.45. The quantitative estimate of drug-likeness (QED) is 0.532. The molecule has 114 valence electrons. The highest BCUT2D eigenvalue weighted by Crippen LogP contribution is 2.35. The first-order valence-electron chi connectivity index (χ1n) is 7.78. The fraction of sp³-hybridized carbons (Fsp3) is 1.00. The zero-order valence-corrected chi connectivity index (χ0v) is 13.9. The average Bonchev–Trinajstić information content (AvgIpc) is 3.19. The van der Waals surface area contributed by atoms with Crippen molar-refractivity contribution in [3.05, 3.63) is 0 Å². The van der Waals surface area contributed by atoms with Crippen molar-refractivity contribution in [1.29, 1.82) is 0 Å². The second kappa shape index (κ2) is 9.08. The second-order valence-electron chi connectivity index (χ2n) is 4.83. The molecule has 0 amide bonds. The monoisotopic (exact) mass is 290 g/mol. The molecule has 2 fully saturated rings. The van der Waals surface area contributed by atoms with Crippen molar-refractivity contribution in [2.45, 2.75) is 71.6 Å². The smallest absolute Gasteiger partial charge is 0.374 e. The van der Waals surface area contributed by atoms with E-state index in [4.69, 9.17) is 18.0 Å². The van der Waals surface area contributed by atoms with Gasteiger partial charge in [0.05, 0.1) is 12.2 Å². The van der Waals surface area contributed by atoms with Gasteiger partial charge in [-0.3, -0.25) is 0 Å². The van der Waals surface area contributed by atoms with E-state index >= 15 is 0 Å². The van der Waals surface area contributed by atoms with E-state index in [9.17, 15) is 0 Å². The minimum atomic E-state index is -2.27. The molecule has 0 aromatic rings. The molecule has 2 atom stereocenters. The molecule has 2 aliphatic rings. The van der Waals surface area contributed by atoms with Crippen LogP contribution in [0.3, 0.4) is 0 Å². The zero-order chi connectivity index (χ0) is 14.1. The lowest BCUT2D eigenvalue weighted by Gasteiger charge is -2.26. The highest BCUT2D eigenvalue weighted by atomic mass is 28.4. The third-order valence-electron chi connectivity index (χ3n) is 3.44. The van der Waals surface area contributed by atoms with Gasteiger partial charge in [-0.25, -0.2) is 0 Å². The number of hydrogen-bond acceptors (Lipinski definition) is 4. The lowest BCUT2D eigenvalue weighted by atomic mass is 10.0. The minimum Gasteiger partial charge on any atom is -0.374 e. The first kappa shape index (κ1) is 17.1. The fourth-order valence-electron chi connectivity index (χ4n) is 2.47. The molecule has 0 aromatic carbocycles. The summed E-state index contributed by atoms with van der Waals surface area (Å²) in [4.78, 5) is 0. The molecule has 1 saturated heterocycles. The molecule has 5 heteroatoms. The molecular formula is C14H30O4Si. The Morgan fingerprint density at radius 2 is 1.26 bits per heavy atom. The van der Waals surface area contributed by atoms with E-state index < -0.39 is 8.80 Å². The highest BCUT2D eigenvalue weighted by Gasteiger charge is 2.40. The van der Waals surface area contributed by atoms with Gasteiger partial charge in [0.25, 0.3) is 0 Å². The third-order valence-corrected chi connectivity index (χ3v) is 6.49. The molecule has 2 unspecified atom stereocenters. The van der Waals surface area contributed by atoms with Gasteiger partial charge >= 0.3 is 8.80 Å². The van der Waals surface area contributed by atoms with Crippen LogP contribution in [0.1, 0.15) is 53.4 Å². The maximum Gasteiger partial charge on any atom is 0.500 e. The summed E-state index contributed by atoms with van der Waals surface area (Å²) in [6, 6.07) is 0.850. The van der Waals surface area contributed by atoms with Crippen molar-refractivity contribution in [1.82, 2.24) is 0 Å². The van der Waals surface area contributed by atoms with E-state index in [1.807, 2.05) is 27.7 Å². The number of fused-ring (bicyclic) bond motifs is 1. The minimum absolute atomic E-state index is 0.667. The first-order chi connectivity index (χ1) is 9.21. The van der Waals surface area contributed by atoms with E-state index in [0.717, 1.165) is 6.04 Å². The Morgan fingerprint density at radius 1 is 0.842 bits per heavy atom. The molecule has 0 spiro atoms. The Balaban J connectivity index is 0.000000213. The van der Waals surface area contributed by atoms with Crippen LogP contribution in [0.4, 0.5) is 0 Å². The summed E-state index contributed by atoms with van der Waals surface area (Å²) in [5, 5.41) is 0. The van der Waals surface area contributed by atoms with Crippen LogP contribution < -0.4 is 0 Å². The van der Waals surface area contributed by atoms with Crippen molar-refractivity contribution in [3.63, 3.8) is 0 Å². The van der Waals surface area contributed by atoms with E-state index in [2.05, 4.69) is 0 Å². The largest absolute Gasteiger partial charge is 0.500 e. The molecule has 1 aliphatic heterocycles. The van der Waals surface area contributed by atoms with E-state index in [-0.39, 0.29) is 0 Å². The standard InChI is InChI=1S/C8H20O3Si.C6H10O/c1-5-9-12(8-4,10-6-2)11-7-3;1-2-4-6-5(3-1)7-6/h5-8H2,1-4H3;5-6H,1-4H2. The number of hydrogen-bond donors (Lipinski definition) is 0. The van der Waals surface area contributed by atoms with Crippen molar-refractivity contribution in [3.8, 4) is 0 Å². The van der Waals surface area contributed by atoms with Gasteiger partial charge in [-0.15, -0.1) is 0 Å². The van der Waals surface area contributed by atoms with Crippen LogP contribution in [0.5, 0.6) is 0 Å². The normalized spacial score (nSPS) is 25.3. The van der Waals surface area contributed by atoms with Gasteiger partial charge < -0.3 is 18.0 Å².